The van der Waals surface area contributed by atoms with E-state index in [1.54, 1.807) is 31.3 Å². The quantitative estimate of drug-likeness (QED) is 0.157. The maximum atomic E-state index is 12.4. The normalized spacial score (nSPS) is 15.9. The largest absolute Gasteiger partial charge is 0.356 e. The highest BCUT2D eigenvalue weighted by atomic mass is 127. The van der Waals surface area contributed by atoms with Crippen LogP contribution in [-0.4, -0.2) is 60.8 Å². The molecular formula is C26H34IN5O2. The number of hydrogen-bond acceptors (Lipinski definition) is 4. The summed E-state index contributed by atoms with van der Waals surface area (Å²) in [6.07, 6.45) is 4.21. The van der Waals surface area contributed by atoms with Crippen molar-refractivity contribution < 1.29 is 9.59 Å². The minimum absolute atomic E-state index is 0. The van der Waals surface area contributed by atoms with E-state index in [2.05, 4.69) is 44.8 Å². The number of rotatable bonds is 9. The van der Waals surface area contributed by atoms with Gasteiger partial charge in [0, 0.05) is 33.2 Å². The van der Waals surface area contributed by atoms with Crippen molar-refractivity contribution in [1.29, 1.82) is 0 Å². The van der Waals surface area contributed by atoms with Crippen molar-refractivity contribution in [2.45, 2.75) is 38.8 Å². The molecule has 0 aliphatic carbocycles. The van der Waals surface area contributed by atoms with Gasteiger partial charge in [0.05, 0.1) is 11.1 Å². The van der Waals surface area contributed by atoms with E-state index in [1.165, 1.54) is 42.0 Å². The third-order valence-corrected chi connectivity index (χ3v) is 6.29. The molecule has 2 N–H and O–H groups in total. The molecule has 8 heteroatoms. The third kappa shape index (κ3) is 6.56. The van der Waals surface area contributed by atoms with Gasteiger partial charge in [0.25, 0.3) is 11.8 Å². The van der Waals surface area contributed by atoms with Crippen molar-refractivity contribution in [3.63, 3.8) is 0 Å². The number of carbonyl (C=O) groups is 2. The van der Waals surface area contributed by atoms with E-state index in [9.17, 15) is 9.59 Å². The van der Waals surface area contributed by atoms with Crippen molar-refractivity contribution >= 4 is 41.8 Å². The molecule has 1 saturated heterocycles. The number of hydrogen-bond donors (Lipinski definition) is 2. The number of guanidine groups is 1. The standard InChI is InChI=1S/C26H33N5O2.HI/c1-27-26(29-18-20-10-12-21(13-11-20)19-30-15-6-7-16-30)28-14-4-5-17-31-24(32)22-8-2-3-9-23(22)25(31)33;/h2-3,8-13H,4-7,14-19H2,1H3,(H2,27,28,29);1H. The second-order valence-corrected chi connectivity index (χ2v) is 8.67. The minimum atomic E-state index is -0.188. The Labute approximate surface area is 219 Å². The SMILES string of the molecule is CN=C(NCCCCN1C(=O)c2ccccc2C1=O)NCc1ccc(CN2CCCC2)cc1.I. The lowest BCUT2D eigenvalue weighted by molar-refractivity contribution is 0.0652. The van der Waals surface area contributed by atoms with Crippen molar-refractivity contribution in [1.82, 2.24) is 20.4 Å². The molecule has 2 aliphatic heterocycles. The molecule has 2 aromatic rings. The monoisotopic (exact) mass is 575 g/mol. The summed E-state index contributed by atoms with van der Waals surface area (Å²) in [6.45, 7) is 5.32. The number of unbranched alkanes of at least 4 members (excludes halogenated alkanes) is 1. The van der Waals surface area contributed by atoms with Crippen LogP contribution in [0, 0.1) is 0 Å². The topological polar surface area (TPSA) is 77.0 Å². The van der Waals surface area contributed by atoms with Gasteiger partial charge in [0.1, 0.15) is 0 Å². The minimum Gasteiger partial charge on any atom is -0.356 e. The van der Waals surface area contributed by atoms with Gasteiger partial charge in [-0.15, -0.1) is 24.0 Å². The number of fused-ring (bicyclic) bond motifs is 1. The molecule has 2 aromatic carbocycles. The summed E-state index contributed by atoms with van der Waals surface area (Å²) >= 11 is 0. The highest BCUT2D eigenvalue weighted by Crippen LogP contribution is 2.22. The summed E-state index contributed by atoms with van der Waals surface area (Å²) in [4.78, 5) is 33.0. The molecule has 7 nitrogen and oxygen atoms in total. The smallest absolute Gasteiger partial charge is 0.261 e. The van der Waals surface area contributed by atoms with E-state index >= 15 is 0 Å². The lowest BCUT2D eigenvalue weighted by Gasteiger charge is -2.16. The van der Waals surface area contributed by atoms with Crippen LogP contribution in [0.4, 0.5) is 0 Å². The summed E-state index contributed by atoms with van der Waals surface area (Å²) in [7, 11) is 1.76. The molecule has 0 saturated carbocycles. The molecular weight excluding hydrogens is 541 g/mol. The zero-order chi connectivity index (χ0) is 23.0. The Balaban J connectivity index is 0.00000324. The van der Waals surface area contributed by atoms with Crippen LogP contribution in [0.5, 0.6) is 0 Å². The molecule has 182 valence electrons. The molecule has 0 atom stereocenters. The lowest BCUT2D eigenvalue weighted by Crippen LogP contribution is -2.37. The molecule has 4 rings (SSSR count). The van der Waals surface area contributed by atoms with Crippen LogP contribution in [0.2, 0.25) is 0 Å². The number of carbonyl (C=O) groups excluding carboxylic acids is 2. The van der Waals surface area contributed by atoms with Crippen molar-refractivity contribution in [2.24, 2.45) is 4.99 Å². The Kier molecular flexibility index (Phi) is 9.88. The van der Waals surface area contributed by atoms with Crippen LogP contribution in [-0.2, 0) is 13.1 Å². The van der Waals surface area contributed by atoms with E-state index in [0.29, 0.717) is 24.2 Å². The van der Waals surface area contributed by atoms with E-state index in [1.807, 2.05) is 0 Å². The van der Waals surface area contributed by atoms with Crippen LogP contribution in [0.3, 0.4) is 0 Å². The Hall–Kier alpha value is -2.46. The highest BCUT2D eigenvalue weighted by Gasteiger charge is 2.34. The summed E-state index contributed by atoms with van der Waals surface area (Å²) < 4.78 is 0. The first-order valence-corrected chi connectivity index (χ1v) is 11.9. The fraction of sp³-hybridized carbons (Fsp3) is 0.423. The predicted molar refractivity (Wildman–Crippen MR) is 146 cm³/mol. The lowest BCUT2D eigenvalue weighted by atomic mass is 10.1. The number of likely N-dealkylation sites (tertiary alicyclic amines) is 1. The zero-order valence-corrected chi connectivity index (χ0v) is 22.1. The van der Waals surface area contributed by atoms with Gasteiger partial charge in [0.15, 0.2) is 5.96 Å². The summed E-state index contributed by atoms with van der Waals surface area (Å²) in [5.74, 6) is 0.372. The van der Waals surface area contributed by atoms with Crippen molar-refractivity contribution in [2.75, 3.05) is 33.2 Å². The van der Waals surface area contributed by atoms with Gasteiger partial charge < -0.3 is 10.6 Å². The molecule has 0 bridgehead atoms. The first kappa shape index (κ1) is 26.2. The molecule has 2 heterocycles. The van der Waals surface area contributed by atoms with Crippen LogP contribution >= 0.6 is 24.0 Å². The number of benzene rings is 2. The van der Waals surface area contributed by atoms with E-state index in [-0.39, 0.29) is 35.8 Å². The number of halogens is 1. The first-order chi connectivity index (χ1) is 16.2. The number of amides is 2. The molecule has 0 unspecified atom stereocenters. The third-order valence-electron chi connectivity index (χ3n) is 6.29. The summed E-state index contributed by atoms with van der Waals surface area (Å²) in [5, 5.41) is 6.65. The first-order valence-electron chi connectivity index (χ1n) is 11.9. The maximum Gasteiger partial charge on any atom is 0.261 e. The van der Waals surface area contributed by atoms with Gasteiger partial charge in [-0.3, -0.25) is 24.4 Å². The number of imide groups is 1. The molecule has 0 spiro atoms. The van der Waals surface area contributed by atoms with Gasteiger partial charge in [0.2, 0.25) is 0 Å². The van der Waals surface area contributed by atoms with Crippen LogP contribution in [0.15, 0.2) is 53.5 Å². The molecule has 0 aromatic heterocycles. The Morgan fingerprint density at radius 2 is 1.50 bits per heavy atom. The molecule has 34 heavy (non-hydrogen) atoms. The van der Waals surface area contributed by atoms with Crippen LogP contribution in [0.25, 0.3) is 0 Å². The molecule has 2 amide bonds. The number of nitrogens with zero attached hydrogens (tertiary/aromatic N) is 3. The van der Waals surface area contributed by atoms with Crippen LogP contribution < -0.4 is 10.6 Å². The van der Waals surface area contributed by atoms with Gasteiger partial charge in [-0.1, -0.05) is 36.4 Å². The van der Waals surface area contributed by atoms with Crippen molar-refractivity contribution in [3.8, 4) is 0 Å². The zero-order valence-electron chi connectivity index (χ0n) is 19.8. The Morgan fingerprint density at radius 3 is 2.12 bits per heavy atom. The van der Waals surface area contributed by atoms with E-state index < -0.39 is 0 Å². The molecule has 1 fully saturated rings. The van der Waals surface area contributed by atoms with Gasteiger partial charge in [-0.2, -0.15) is 0 Å². The van der Waals surface area contributed by atoms with Crippen molar-refractivity contribution in [3.05, 3.63) is 70.8 Å². The summed E-state index contributed by atoms with van der Waals surface area (Å²) in [6, 6.07) is 15.8. The maximum absolute atomic E-state index is 12.4. The van der Waals surface area contributed by atoms with Crippen LogP contribution in [0.1, 0.15) is 57.5 Å². The molecule has 2 aliphatic rings. The second kappa shape index (κ2) is 12.9. The van der Waals surface area contributed by atoms with Gasteiger partial charge in [-0.25, -0.2) is 0 Å². The average Bonchev–Trinajstić information content (AvgIpc) is 3.44. The fourth-order valence-corrected chi connectivity index (χ4v) is 4.41. The Morgan fingerprint density at radius 1 is 0.882 bits per heavy atom. The van der Waals surface area contributed by atoms with Gasteiger partial charge in [-0.05, 0) is 62.0 Å². The molecule has 0 radical (unpaired) electrons. The fourth-order valence-electron chi connectivity index (χ4n) is 4.41. The van der Waals surface area contributed by atoms with E-state index in [4.69, 9.17) is 0 Å². The average molecular weight is 575 g/mol. The Bertz CT molecular complexity index is 968. The number of aliphatic imine (C=N–C) groups is 1. The predicted octanol–water partition coefficient (Wildman–Crippen LogP) is 3.64. The second-order valence-electron chi connectivity index (χ2n) is 8.67. The summed E-state index contributed by atoms with van der Waals surface area (Å²) in [5.41, 5.74) is 3.60. The highest BCUT2D eigenvalue weighted by molar-refractivity contribution is 14.0. The number of nitrogens with one attached hydrogen (secondary N) is 2. The van der Waals surface area contributed by atoms with Gasteiger partial charge >= 0.3 is 0 Å². The van der Waals surface area contributed by atoms with E-state index in [0.717, 1.165) is 31.9 Å².